The molecule has 1 aromatic carbocycles. The van der Waals surface area contributed by atoms with Gasteiger partial charge in [-0.2, -0.15) is 0 Å². The molecule has 0 aliphatic heterocycles. The lowest BCUT2D eigenvalue weighted by molar-refractivity contribution is 0.287. The molecular weight excluding hydrogens is 250 g/mol. The fourth-order valence-electron chi connectivity index (χ4n) is 1.01. The van der Waals surface area contributed by atoms with Crippen LogP contribution in [0.4, 0.5) is 0 Å². The number of nitrogens with zero attached hydrogens (tertiary/aromatic N) is 1. The number of rotatable bonds is 5. The van der Waals surface area contributed by atoms with Crippen LogP contribution in [0.1, 0.15) is 0 Å². The second-order valence-electron chi connectivity index (χ2n) is 3.36. The molecular formula is C10H14ClNO3S. The van der Waals surface area contributed by atoms with Gasteiger partial charge in [0.2, 0.25) is 10.0 Å². The largest absolute Gasteiger partial charge is 0.491 e. The van der Waals surface area contributed by atoms with Crippen LogP contribution in [0.2, 0.25) is 5.02 Å². The molecule has 0 aromatic heterocycles. The molecule has 0 fully saturated rings. The summed E-state index contributed by atoms with van der Waals surface area (Å²) >= 11 is 5.87. The van der Waals surface area contributed by atoms with Crippen LogP contribution in [0.15, 0.2) is 24.3 Å². The highest BCUT2D eigenvalue weighted by Crippen LogP contribution is 2.22. The molecule has 1 aromatic rings. The van der Waals surface area contributed by atoms with E-state index in [2.05, 4.69) is 0 Å². The van der Waals surface area contributed by atoms with E-state index in [1.165, 1.54) is 11.4 Å². The van der Waals surface area contributed by atoms with Crippen LogP contribution >= 0.6 is 11.6 Å². The SMILES string of the molecule is CN(CCOc1ccccc1Cl)S(C)(=O)=O. The molecule has 4 nitrogen and oxygen atoms in total. The van der Waals surface area contributed by atoms with E-state index in [0.29, 0.717) is 17.3 Å². The monoisotopic (exact) mass is 263 g/mol. The minimum Gasteiger partial charge on any atom is -0.491 e. The maximum Gasteiger partial charge on any atom is 0.211 e. The molecule has 0 bridgehead atoms. The summed E-state index contributed by atoms with van der Waals surface area (Å²) in [4.78, 5) is 0. The van der Waals surface area contributed by atoms with Crippen LogP contribution in [0.25, 0.3) is 0 Å². The van der Waals surface area contributed by atoms with E-state index in [9.17, 15) is 8.42 Å². The fraction of sp³-hybridized carbons (Fsp3) is 0.400. The molecule has 6 heteroatoms. The number of sulfonamides is 1. The number of hydrogen-bond acceptors (Lipinski definition) is 3. The summed E-state index contributed by atoms with van der Waals surface area (Å²) in [6, 6.07) is 7.07. The number of benzene rings is 1. The van der Waals surface area contributed by atoms with E-state index in [4.69, 9.17) is 16.3 Å². The Bertz CT molecular complexity index is 447. The van der Waals surface area contributed by atoms with Gasteiger partial charge in [0.05, 0.1) is 11.3 Å². The molecule has 0 atom stereocenters. The fourth-order valence-corrected chi connectivity index (χ4v) is 1.61. The molecule has 0 spiro atoms. The van der Waals surface area contributed by atoms with Gasteiger partial charge in [0.1, 0.15) is 12.4 Å². The summed E-state index contributed by atoms with van der Waals surface area (Å²) in [7, 11) is -1.64. The molecule has 90 valence electrons. The van der Waals surface area contributed by atoms with Crippen LogP contribution in [0.5, 0.6) is 5.75 Å². The zero-order chi connectivity index (χ0) is 12.2. The van der Waals surface area contributed by atoms with E-state index >= 15 is 0 Å². The van der Waals surface area contributed by atoms with Gasteiger partial charge >= 0.3 is 0 Å². The first-order chi connectivity index (χ1) is 7.41. The van der Waals surface area contributed by atoms with Crippen molar-refractivity contribution in [1.82, 2.24) is 4.31 Å². The zero-order valence-corrected chi connectivity index (χ0v) is 10.8. The summed E-state index contributed by atoms with van der Waals surface area (Å²) in [6.45, 7) is 0.567. The van der Waals surface area contributed by atoms with Crippen molar-refractivity contribution in [2.75, 3.05) is 26.5 Å². The predicted molar refractivity (Wildman–Crippen MR) is 64.4 cm³/mol. The van der Waals surface area contributed by atoms with Crippen LogP contribution in [-0.2, 0) is 10.0 Å². The predicted octanol–water partition coefficient (Wildman–Crippen LogP) is 1.61. The number of likely N-dealkylation sites (N-methyl/N-ethyl adjacent to an activating group) is 1. The maximum absolute atomic E-state index is 11.1. The molecule has 0 N–H and O–H groups in total. The highest BCUT2D eigenvalue weighted by molar-refractivity contribution is 7.88. The zero-order valence-electron chi connectivity index (χ0n) is 9.18. The van der Waals surface area contributed by atoms with Gasteiger partial charge in [0.15, 0.2) is 0 Å². The summed E-state index contributed by atoms with van der Waals surface area (Å²) in [5.74, 6) is 0.561. The molecule has 0 saturated heterocycles. The standard InChI is InChI=1S/C10H14ClNO3S/c1-12(16(2,13)14)7-8-15-10-6-4-3-5-9(10)11/h3-6H,7-8H2,1-2H3. The Labute approximate surface area is 101 Å². The summed E-state index contributed by atoms with van der Waals surface area (Å²) in [6.07, 6.45) is 1.16. The first-order valence-corrected chi connectivity index (χ1v) is 6.92. The molecule has 0 aliphatic carbocycles. The Morgan fingerprint density at radius 1 is 1.38 bits per heavy atom. The van der Waals surface area contributed by atoms with Gasteiger partial charge in [-0.25, -0.2) is 12.7 Å². The Balaban J connectivity index is 2.46. The topological polar surface area (TPSA) is 46.6 Å². The summed E-state index contributed by atoms with van der Waals surface area (Å²) in [5, 5.41) is 0.518. The normalized spacial score (nSPS) is 11.8. The Hall–Kier alpha value is -0.780. The van der Waals surface area contributed by atoms with Crippen LogP contribution in [0, 0.1) is 0 Å². The highest BCUT2D eigenvalue weighted by atomic mass is 35.5. The highest BCUT2D eigenvalue weighted by Gasteiger charge is 2.10. The molecule has 0 radical (unpaired) electrons. The van der Waals surface area contributed by atoms with E-state index in [-0.39, 0.29) is 6.61 Å². The third-order valence-corrected chi connectivity index (χ3v) is 3.69. The lowest BCUT2D eigenvalue weighted by atomic mass is 10.3. The Morgan fingerprint density at radius 3 is 2.56 bits per heavy atom. The third kappa shape index (κ3) is 4.00. The molecule has 1 rings (SSSR count). The van der Waals surface area contributed by atoms with Crippen molar-refractivity contribution in [3.05, 3.63) is 29.3 Å². The minimum absolute atomic E-state index is 0.271. The van der Waals surface area contributed by atoms with Crippen molar-refractivity contribution < 1.29 is 13.2 Å². The van der Waals surface area contributed by atoms with Gasteiger partial charge in [-0.1, -0.05) is 23.7 Å². The van der Waals surface area contributed by atoms with Crippen molar-refractivity contribution in [2.45, 2.75) is 0 Å². The number of ether oxygens (including phenoxy) is 1. The van der Waals surface area contributed by atoms with Crippen molar-refractivity contribution in [3.8, 4) is 5.75 Å². The smallest absolute Gasteiger partial charge is 0.211 e. The second-order valence-corrected chi connectivity index (χ2v) is 5.86. The van der Waals surface area contributed by atoms with Gasteiger partial charge in [-0.3, -0.25) is 0 Å². The lowest BCUT2D eigenvalue weighted by Gasteiger charge is -2.14. The second kappa shape index (κ2) is 5.52. The first-order valence-electron chi connectivity index (χ1n) is 4.70. The van der Waals surface area contributed by atoms with E-state index in [1.54, 1.807) is 18.2 Å². The Kier molecular flexibility index (Phi) is 4.58. The van der Waals surface area contributed by atoms with E-state index in [0.717, 1.165) is 6.26 Å². The Morgan fingerprint density at radius 2 is 2.00 bits per heavy atom. The summed E-state index contributed by atoms with van der Waals surface area (Å²) < 4.78 is 28.8. The van der Waals surface area contributed by atoms with E-state index < -0.39 is 10.0 Å². The molecule has 0 heterocycles. The minimum atomic E-state index is -3.15. The first kappa shape index (κ1) is 13.3. The van der Waals surface area contributed by atoms with Crippen molar-refractivity contribution >= 4 is 21.6 Å². The number of para-hydroxylation sites is 1. The summed E-state index contributed by atoms with van der Waals surface area (Å²) in [5.41, 5.74) is 0. The van der Waals surface area contributed by atoms with Gasteiger partial charge in [0, 0.05) is 13.6 Å². The average molecular weight is 264 g/mol. The van der Waals surface area contributed by atoms with Crippen LogP contribution < -0.4 is 4.74 Å². The van der Waals surface area contributed by atoms with Gasteiger partial charge in [0.25, 0.3) is 0 Å². The molecule has 0 saturated carbocycles. The maximum atomic E-state index is 11.1. The lowest BCUT2D eigenvalue weighted by Crippen LogP contribution is -2.29. The molecule has 16 heavy (non-hydrogen) atoms. The van der Waals surface area contributed by atoms with Gasteiger partial charge in [-0.05, 0) is 12.1 Å². The van der Waals surface area contributed by atoms with Crippen molar-refractivity contribution in [2.24, 2.45) is 0 Å². The number of halogens is 1. The number of hydrogen-bond donors (Lipinski definition) is 0. The van der Waals surface area contributed by atoms with Gasteiger partial charge < -0.3 is 4.74 Å². The van der Waals surface area contributed by atoms with Crippen LogP contribution in [-0.4, -0.2) is 39.2 Å². The quantitative estimate of drug-likeness (QED) is 0.811. The van der Waals surface area contributed by atoms with Crippen molar-refractivity contribution in [3.63, 3.8) is 0 Å². The average Bonchev–Trinajstić information content (AvgIpc) is 2.19. The molecule has 0 aliphatic rings. The van der Waals surface area contributed by atoms with Crippen LogP contribution in [0.3, 0.4) is 0 Å². The third-order valence-electron chi connectivity index (χ3n) is 2.07. The van der Waals surface area contributed by atoms with Crippen molar-refractivity contribution in [1.29, 1.82) is 0 Å². The molecule has 0 amide bonds. The van der Waals surface area contributed by atoms with E-state index in [1.807, 2.05) is 6.07 Å². The molecule has 0 unspecified atom stereocenters. The van der Waals surface area contributed by atoms with Gasteiger partial charge in [-0.15, -0.1) is 0 Å².